The van der Waals surface area contributed by atoms with Gasteiger partial charge in [0.15, 0.2) is 11.4 Å². The van der Waals surface area contributed by atoms with Crippen molar-refractivity contribution in [2.75, 3.05) is 0 Å². The molecule has 0 aliphatic heterocycles. The first-order chi connectivity index (χ1) is 19.3. The molecular formula is C31H23Cl7N2O. The molecule has 4 aromatic carbocycles. The molecule has 2 atom stereocenters. The van der Waals surface area contributed by atoms with Gasteiger partial charge in [0.2, 0.25) is 0 Å². The van der Waals surface area contributed by atoms with Crippen molar-refractivity contribution in [1.29, 1.82) is 0 Å². The molecule has 0 saturated carbocycles. The van der Waals surface area contributed by atoms with Gasteiger partial charge in [-0.2, -0.15) is 0 Å². The lowest BCUT2D eigenvalue weighted by Crippen LogP contribution is -3.00. The van der Waals surface area contributed by atoms with Crippen LogP contribution in [0.4, 0.5) is 0 Å². The number of aromatic amines is 1. The van der Waals surface area contributed by atoms with Crippen LogP contribution in [0.15, 0.2) is 103 Å². The lowest BCUT2D eigenvalue weighted by Gasteiger charge is -2.24. The number of halogens is 7. The second-order valence-electron chi connectivity index (χ2n) is 9.18. The minimum atomic E-state index is -0.621. The van der Waals surface area contributed by atoms with E-state index in [-0.39, 0.29) is 25.1 Å². The fourth-order valence-corrected chi connectivity index (χ4v) is 5.81. The summed E-state index contributed by atoms with van der Waals surface area (Å²) in [5, 5.41) is 2.39. The van der Waals surface area contributed by atoms with Gasteiger partial charge in [-0.1, -0.05) is 100 Å². The molecule has 1 N–H and O–H groups in total. The zero-order valence-corrected chi connectivity index (χ0v) is 26.5. The molecule has 5 aromatic rings. The van der Waals surface area contributed by atoms with Crippen molar-refractivity contribution in [1.82, 2.24) is 4.98 Å². The second kappa shape index (κ2) is 14.5. The van der Waals surface area contributed by atoms with Crippen LogP contribution in [0.5, 0.6) is 0 Å². The molecule has 41 heavy (non-hydrogen) atoms. The maximum Gasteiger partial charge on any atom is 0.276 e. The van der Waals surface area contributed by atoms with Gasteiger partial charge < -0.3 is 17.1 Å². The van der Waals surface area contributed by atoms with Gasteiger partial charge in [0.05, 0.1) is 6.61 Å². The molecule has 1 heterocycles. The van der Waals surface area contributed by atoms with Gasteiger partial charge >= 0.3 is 0 Å². The molecule has 0 fully saturated rings. The highest BCUT2D eigenvalue weighted by atomic mass is 35.5. The van der Waals surface area contributed by atoms with Crippen molar-refractivity contribution in [3.8, 4) is 0 Å². The number of nitrogens with zero attached hydrogens (tertiary/aromatic N) is 1. The van der Waals surface area contributed by atoms with E-state index in [1.807, 2.05) is 91.3 Å². The first kappa shape index (κ1) is 32.0. The summed E-state index contributed by atoms with van der Waals surface area (Å²) in [6, 6.07) is 28.1. The summed E-state index contributed by atoms with van der Waals surface area (Å²) in [6.45, 7) is 0.227. The van der Waals surface area contributed by atoms with E-state index in [1.165, 1.54) is 0 Å². The Morgan fingerprint density at radius 2 is 1.15 bits per heavy atom. The lowest BCUT2D eigenvalue weighted by atomic mass is 9.97. The zero-order valence-electron chi connectivity index (χ0n) is 21.3. The van der Waals surface area contributed by atoms with Gasteiger partial charge in [0.25, 0.3) is 5.82 Å². The van der Waals surface area contributed by atoms with E-state index in [2.05, 4.69) is 9.55 Å². The average molecular weight is 688 g/mol. The Bertz CT molecular complexity index is 1530. The summed E-state index contributed by atoms with van der Waals surface area (Å²) in [6.07, 6.45) is 3.28. The first-order valence-corrected chi connectivity index (χ1v) is 14.7. The van der Waals surface area contributed by atoms with Gasteiger partial charge in [-0.25, -0.2) is 9.55 Å². The topological polar surface area (TPSA) is 28.9 Å². The van der Waals surface area contributed by atoms with E-state index < -0.39 is 11.5 Å². The lowest BCUT2D eigenvalue weighted by molar-refractivity contribution is -0.711. The number of ether oxygens (including phenoxy) is 1. The molecule has 1 aromatic heterocycles. The van der Waals surface area contributed by atoms with E-state index in [0.29, 0.717) is 25.1 Å². The molecule has 0 amide bonds. The Balaban J connectivity index is 0.00000387. The number of H-pyrrole nitrogens is 1. The summed E-state index contributed by atoms with van der Waals surface area (Å²) >= 11 is 38.5. The van der Waals surface area contributed by atoms with Crippen LogP contribution < -0.4 is 17.0 Å². The molecule has 0 bridgehead atoms. The van der Waals surface area contributed by atoms with E-state index in [9.17, 15) is 0 Å². The van der Waals surface area contributed by atoms with Crippen molar-refractivity contribution in [3.05, 3.63) is 157 Å². The van der Waals surface area contributed by atoms with Gasteiger partial charge in [0.1, 0.15) is 18.5 Å². The van der Waals surface area contributed by atoms with Crippen LogP contribution in [-0.4, -0.2) is 4.98 Å². The molecule has 0 saturated heterocycles. The Morgan fingerprint density at radius 1 is 0.659 bits per heavy atom. The molecule has 0 spiro atoms. The average Bonchev–Trinajstić information content (AvgIpc) is 3.42. The number of benzene rings is 4. The third-order valence-corrected chi connectivity index (χ3v) is 8.33. The summed E-state index contributed by atoms with van der Waals surface area (Å²) in [4.78, 5) is 3.36. The summed E-state index contributed by atoms with van der Waals surface area (Å²) in [5.41, 5.74) is 3.72. The van der Waals surface area contributed by atoms with Crippen LogP contribution >= 0.6 is 69.6 Å². The predicted octanol–water partition coefficient (Wildman–Crippen LogP) is 7.45. The summed E-state index contributed by atoms with van der Waals surface area (Å²) < 4.78 is 8.57. The van der Waals surface area contributed by atoms with Gasteiger partial charge in [-0.15, -0.1) is 11.6 Å². The quantitative estimate of drug-likeness (QED) is 0.127. The molecule has 2 unspecified atom stereocenters. The fourth-order valence-electron chi connectivity index (χ4n) is 4.57. The van der Waals surface area contributed by atoms with Crippen LogP contribution in [0.3, 0.4) is 0 Å². The Labute approximate surface area is 275 Å². The fraction of sp³-hybridized carbons (Fsp3) is 0.129. The van der Waals surface area contributed by atoms with Crippen molar-refractivity contribution >= 4 is 69.6 Å². The molecule has 3 nitrogen and oxygen atoms in total. The van der Waals surface area contributed by atoms with Crippen molar-refractivity contribution < 1.29 is 21.7 Å². The number of rotatable bonds is 9. The van der Waals surface area contributed by atoms with Gasteiger partial charge in [0, 0.05) is 36.2 Å². The maximum absolute atomic E-state index is 7.29. The van der Waals surface area contributed by atoms with Gasteiger partial charge in [-0.3, -0.25) is 0 Å². The number of imidazole rings is 1. The Hall–Kier alpha value is -1.92. The third-order valence-electron chi connectivity index (χ3n) is 6.55. The molecule has 212 valence electrons. The molecule has 0 aliphatic rings. The highest BCUT2D eigenvalue weighted by molar-refractivity contribution is 6.35. The van der Waals surface area contributed by atoms with E-state index in [0.717, 1.165) is 28.1 Å². The number of nitrogens with one attached hydrogen (secondary N) is 1. The number of aromatic nitrogens is 2. The van der Waals surface area contributed by atoms with Crippen LogP contribution in [0, 0.1) is 0 Å². The van der Waals surface area contributed by atoms with Crippen LogP contribution in [0.2, 0.25) is 25.1 Å². The van der Waals surface area contributed by atoms with Crippen molar-refractivity contribution in [2.45, 2.75) is 24.1 Å². The van der Waals surface area contributed by atoms with Crippen LogP contribution in [0.25, 0.3) is 0 Å². The molecule has 0 radical (unpaired) electrons. The molecule has 10 heteroatoms. The largest absolute Gasteiger partial charge is 1.00 e. The van der Waals surface area contributed by atoms with Crippen LogP contribution in [0.1, 0.15) is 45.6 Å². The molecule has 0 aliphatic carbocycles. The highest BCUT2D eigenvalue weighted by Gasteiger charge is 2.35. The number of alkyl halides is 1. The second-order valence-corrected chi connectivity index (χ2v) is 11.8. The zero-order chi connectivity index (χ0) is 28.2. The van der Waals surface area contributed by atoms with Gasteiger partial charge in [-0.05, 0) is 59.7 Å². The third kappa shape index (κ3) is 7.73. The van der Waals surface area contributed by atoms with Crippen molar-refractivity contribution in [3.63, 3.8) is 0 Å². The maximum atomic E-state index is 7.29. The number of hydrogen-bond donors (Lipinski definition) is 1. The minimum Gasteiger partial charge on any atom is -1.00 e. The SMILES string of the molecule is Clc1ccc(C(OCc2ccc(Cl)cc2Cl)C(Cl)c2[nH]cc[n+]2C(c2ccc(Cl)cc2)c2ccc(Cl)cc2)cc1.[Cl-]. The van der Waals surface area contributed by atoms with Crippen molar-refractivity contribution in [2.24, 2.45) is 0 Å². The normalized spacial score (nSPS) is 12.7. The number of hydrogen-bond acceptors (Lipinski definition) is 1. The molecule has 5 rings (SSSR count). The Morgan fingerprint density at radius 3 is 1.66 bits per heavy atom. The smallest absolute Gasteiger partial charge is 0.276 e. The Kier molecular flexibility index (Phi) is 11.3. The van der Waals surface area contributed by atoms with Crippen LogP contribution in [-0.2, 0) is 11.3 Å². The first-order valence-electron chi connectivity index (χ1n) is 12.3. The highest BCUT2D eigenvalue weighted by Crippen LogP contribution is 2.38. The molecular weight excluding hydrogens is 665 g/mol. The van der Waals surface area contributed by atoms with E-state index in [1.54, 1.807) is 12.1 Å². The minimum absolute atomic E-state index is 0. The predicted molar refractivity (Wildman–Crippen MR) is 165 cm³/mol. The monoisotopic (exact) mass is 684 g/mol. The summed E-state index contributed by atoms with van der Waals surface area (Å²) in [7, 11) is 0. The van der Waals surface area contributed by atoms with E-state index >= 15 is 0 Å². The van der Waals surface area contributed by atoms with E-state index in [4.69, 9.17) is 74.3 Å². The summed E-state index contributed by atoms with van der Waals surface area (Å²) in [5.74, 6) is 0.749. The standard InChI is InChI=1S/C31H22Cl6N2O.ClH/c32-23-8-1-19(2-9-23)29(20-3-10-24(33)11-4-20)39-16-15-38-31(39)28(37)30(21-5-12-25(34)13-6-21)40-18-22-7-14-26(35)17-27(22)36;/h1-17,28-30H,18H2;1H.